The van der Waals surface area contributed by atoms with Crippen molar-refractivity contribution < 1.29 is 9.59 Å². The number of benzene rings is 1. The Balaban J connectivity index is 1.99. The van der Waals surface area contributed by atoms with E-state index in [2.05, 4.69) is 33.0 Å². The number of nitrogens with one attached hydrogen (secondary N) is 1. The minimum absolute atomic E-state index is 0.00539. The largest absolute Gasteiger partial charge is 0.325 e. The molecule has 0 spiro atoms. The number of ketones is 1. The van der Waals surface area contributed by atoms with Crippen molar-refractivity contribution in [2.24, 2.45) is 16.7 Å². The number of hydrogen-bond donors (Lipinski definition) is 1. The summed E-state index contributed by atoms with van der Waals surface area (Å²) in [4.78, 5) is 24.8. The number of fused-ring (bicyclic) bond motifs is 1. The van der Waals surface area contributed by atoms with Crippen LogP contribution in [-0.2, 0) is 10.2 Å². The van der Waals surface area contributed by atoms with Gasteiger partial charge in [-0.2, -0.15) is 0 Å². The third-order valence-corrected chi connectivity index (χ3v) is 6.08. The summed E-state index contributed by atoms with van der Waals surface area (Å²) in [6.07, 6.45) is 0. The summed E-state index contributed by atoms with van der Waals surface area (Å²) < 4.78 is 0. The number of rotatable bonds is 2. The first-order valence-corrected chi connectivity index (χ1v) is 7.51. The Hall–Kier alpha value is -1.64. The lowest BCUT2D eigenvalue weighted by Crippen LogP contribution is -2.27. The summed E-state index contributed by atoms with van der Waals surface area (Å²) in [7, 11) is 0. The second kappa shape index (κ2) is 3.76. The molecule has 112 valence electrons. The van der Waals surface area contributed by atoms with Gasteiger partial charge in [0.2, 0.25) is 5.91 Å². The zero-order chi connectivity index (χ0) is 15.8. The fourth-order valence-electron chi connectivity index (χ4n) is 3.74. The molecular formula is C18H23NO2. The van der Waals surface area contributed by atoms with Gasteiger partial charge in [0.05, 0.1) is 5.41 Å². The van der Waals surface area contributed by atoms with Gasteiger partial charge in [-0.1, -0.05) is 27.7 Å². The Morgan fingerprint density at radius 2 is 1.62 bits per heavy atom. The molecule has 3 heteroatoms. The molecule has 1 aromatic carbocycles. The summed E-state index contributed by atoms with van der Waals surface area (Å²) in [5, 5.41) is 2.88. The summed E-state index contributed by atoms with van der Waals surface area (Å²) in [5.74, 6) is 0.244. The van der Waals surface area contributed by atoms with E-state index in [0.717, 1.165) is 16.8 Å². The van der Waals surface area contributed by atoms with Crippen LogP contribution in [0.2, 0.25) is 0 Å². The highest BCUT2D eigenvalue weighted by Gasteiger charge is 2.67. The van der Waals surface area contributed by atoms with Crippen LogP contribution >= 0.6 is 0 Å². The van der Waals surface area contributed by atoms with Gasteiger partial charge in [-0.15, -0.1) is 0 Å². The summed E-state index contributed by atoms with van der Waals surface area (Å²) >= 11 is 0. The van der Waals surface area contributed by atoms with Crippen molar-refractivity contribution in [3.05, 3.63) is 29.3 Å². The number of Topliss-reactive ketones (excluding diaryl/α,β-unsaturated/α-hetero) is 1. The number of amides is 1. The van der Waals surface area contributed by atoms with Crippen molar-refractivity contribution in [3.8, 4) is 0 Å². The Morgan fingerprint density at radius 1 is 1.05 bits per heavy atom. The predicted octanol–water partition coefficient (Wildman–Crippen LogP) is 3.78. The minimum atomic E-state index is -0.569. The fourth-order valence-corrected chi connectivity index (χ4v) is 3.74. The van der Waals surface area contributed by atoms with Crippen LogP contribution < -0.4 is 5.32 Å². The van der Waals surface area contributed by atoms with Gasteiger partial charge in [-0.3, -0.25) is 9.59 Å². The molecule has 1 aliphatic heterocycles. The highest BCUT2D eigenvalue weighted by Crippen LogP contribution is 2.69. The Morgan fingerprint density at radius 3 is 2.14 bits per heavy atom. The summed E-state index contributed by atoms with van der Waals surface area (Å²) in [6, 6.07) is 5.60. The number of carbonyl (C=O) groups is 2. The molecule has 0 unspecified atom stereocenters. The topological polar surface area (TPSA) is 46.2 Å². The molecule has 21 heavy (non-hydrogen) atoms. The second-order valence-corrected chi connectivity index (χ2v) is 8.08. The number of carbonyl (C=O) groups excluding carboxylic acids is 2. The normalized spacial score (nSPS) is 24.4. The predicted molar refractivity (Wildman–Crippen MR) is 83.5 cm³/mol. The molecule has 0 atom stereocenters. The van der Waals surface area contributed by atoms with Gasteiger partial charge in [0, 0.05) is 17.2 Å². The lowest BCUT2D eigenvalue weighted by Gasteiger charge is -2.15. The van der Waals surface area contributed by atoms with Gasteiger partial charge in [0.15, 0.2) is 5.78 Å². The van der Waals surface area contributed by atoms with Crippen LogP contribution in [0.5, 0.6) is 0 Å². The SMILES string of the molecule is CC1(C)C(=O)Nc2ccc(C(=O)C3C(C)(C)C3(C)C)cc21. The van der Waals surface area contributed by atoms with Crippen molar-refractivity contribution in [2.75, 3.05) is 5.32 Å². The first-order chi connectivity index (χ1) is 9.51. The van der Waals surface area contributed by atoms with Gasteiger partial charge in [-0.25, -0.2) is 0 Å². The van der Waals surface area contributed by atoms with Crippen LogP contribution in [0.4, 0.5) is 5.69 Å². The van der Waals surface area contributed by atoms with E-state index >= 15 is 0 Å². The molecule has 0 saturated heterocycles. The fraction of sp³-hybridized carbons (Fsp3) is 0.556. The van der Waals surface area contributed by atoms with Crippen LogP contribution in [0, 0.1) is 16.7 Å². The van der Waals surface area contributed by atoms with Crippen LogP contribution in [0.3, 0.4) is 0 Å². The van der Waals surface area contributed by atoms with E-state index in [1.54, 1.807) is 0 Å². The molecule has 2 aliphatic rings. The zero-order valence-electron chi connectivity index (χ0n) is 13.6. The molecule has 3 nitrogen and oxygen atoms in total. The molecule has 1 saturated carbocycles. The second-order valence-electron chi connectivity index (χ2n) is 8.08. The first kappa shape index (κ1) is 14.3. The Bertz CT molecular complexity index is 654. The molecule has 1 aliphatic carbocycles. The summed E-state index contributed by atoms with van der Waals surface area (Å²) in [6.45, 7) is 12.4. The zero-order valence-corrected chi connectivity index (χ0v) is 13.6. The standard InChI is InChI=1S/C18H23NO2/c1-16(2)11-9-10(7-8-12(11)19-15(16)21)13(20)14-17(3,4)18(14,5)6/h7-9,14H,1-6H3,(H,19,21). The molecule has 1 N–H and O–H groups in total. The Kier molecular flexibility index (Phi) is 2.56. The van der Waals surface area contributed by atoms with Crippen molar-refractivity contribution in [3.63, 3.8) is 0 Å². The van der Waals surface area contributed by atoms with E-state index in [1.807, 2.05) is 32.0 Å². The molecule has 3 rings (SSSR count). The first-order valence-electron chi connectivity index (χ1n) is 7.51. The quantitative estimate of drug-likeness (QED) is 0.840. The van der Waals surface area contributed by atoms with Gasteiger partial charge in [0.25, 0.3) is 0 Å². The van der Waals surface area contributed by atoms with E-state index < -0.39 is 5.41 Å². The molecule has 1 amide bonds. The molecule has 1 aromatic rings. The van der Waals surface area contributed by atoms with Gasteiger partial charge in [0.1, 0.15) is 0 Å². The van der Waals surface area contributed by atoms with Gasteiger partial charge < -0.3 is 5.32 Å². The highest BCUT2D eigenvalue weighted by molar-refractivity contribution is 6.08. The van der Waals surface area contributed by atoms with E-state index in [4.69, 9.17) is 0 Å². The van der Waals surface area contributed by atoms with E-state index in [-0.39, 0.29) is 28.4 Å². The van der Waals surface area contributed by atoms with Gasteiger partial charge in [-0.05, 0) is 48.4 Å². The van der Waals surface area contributed by atoms with Crippen molar-refractivity contribution in [2.45, 2.75) is 47.0 Å². The highest BCUT2D eigenvalue weighted by atomic mass is 16.2. The van der Waals surface area contributed by atoms with Crippen LogP contribution in [0.15, 0.2) is 18.2 Å². The maximum atomic E-state index is 12.8. The van der Waals surface area contributed by atoms with Gasteiger partial charge >= 0.3 is 0 Å². The molecule has 0 aromatic heterocycles. The maximum absolute atomic E-state index is 12.8. The minimum Gasteiger partial charge on any atom is -0.325 e. The summed E-state index contributed by atoms with van der Waals surface area (Å²) in [5.41, 5.74) is 1.98. The molecular weight excluding hydrogens is 262 g/mol. The average molecular weight is 285 g/mol. The lowest BCUT2D eigenvalue weighted by molar-refractivity contribution is -0.119. The van der Waals surface area contributed by atoms with E-state index in [0.29, 0.717) is 0 Å². The van der Waals surface area contributed by atoms with E-state index in [1.165, 1.54) is 0 Å². The van der Waals surface area contributed by atoms with Crippen LogP contribution in [0.25, 0.3) is 0 Å². The smallest absolute Gasteiger partial charge is 0.234 e. The molecule has 0 radical (unpaired) electrons. The third-order valence-electron chi connectivity index (χ3n) is 6.08. The maximum Gasteiger partial charge on any atom is 0.234 e. The number of hydrogen-bond acceptors (Lipinski definition) is 2. The monoisotopic (exact) mass is 285 g/mol. The van der Waals surface area contributed by atoms with Crippen LogP contribution in [-0.4, -0.2) is 11.7 Å². The number of anilines is 1. The molecule has 0 bridgehead atoms. The van der Waals surface area contributed by atoms with E-state index in [9.17, 15) is 9.59 Å². The lowest BCUT2D eigenvalue weighted by atomic mass is 9.84. The van der Waals surface area contributed by atoms with Crippen molar-refractivity contribution in [1.82, 2.24) is 0 Å². The molecule has 1 heterocycles. The Labute approximate surface area is 126 Å². The third kappa shape index (κ3) is 1.66. The van der Waals surface area contributed by atoms with Crippen LogP contribution in [0.1, 0.15) is 57.5 Å². The van der Waals surface area contributed by atoms with Crippen molar-refractivity contribution >= 4 is 17.4 Å². The molecule has 1 fully saturated rings. The average Bonchev–Trinajstić information content (AvgIpc) is 2.65. The van der Waals surface area contributed by atoms with Crippen molar-refractivity contribution in [1.29, 1.82) is 0 Å².